The average Bonchev–Trinajstić information content (AvgIpc) is 2.87. The number of amides is 3. The third-order valence-corrected chi connectivity index (χ3v) is 7.77. The summed E-state index contributed by atoms with van der Waals surface area (Å²) < 4.78 is 0. The molecule has 2 aliphatic rings. The van der Waals surface area contributed by atoms with Crippen molar-refractivity contribution in [3.63, 3.8) is 0 Å². The van der Waals surface area contributed by atoms with Crippen LogP contribution < -0.4 is 26.6 Å². The van der Waals surface area contributed by atoms with E-state index in [1.165, 1.54) is 11.8 Å². The van der Waals surface area contributed by atoms with E-state index in [-0.39, 0.29) is 18.2 Å². The maximum Gasteiger partial charge on any atom is 0.229 e. The maximum absolute atomic E-state index is 13.4. The molecule has 3 aromatic rings. The van der Waals surface area contributed by atoms with Gasteiger partial charge in [-0.25, -0.2) is 0 Å². The van der Waals surface area contributed by atoms with Gasteiger partial charge in [-0.2, -0.15) is 0 Å². The summed E-state index contributed by atoms with van der Waals surface area (Å²) in [7, 11) is 0. The van der Waals surface area contributed by atoms with E-state index in [4.69, 9.17) is 23.2 Å². The van der Waals surface area contributed by atoms with Gasteiger partial charge in [-0.1, -0.05) is 65.3 Å². The highest BCUT2D eigenvalue weighted by molar-refractivity contribution is 7.99. The highest BCUT2D eigenvalue weighted by Gasteiger charge is 2.48. The first kappa shape index (κ1) is 25.4. The summed E-state index contributed by atoms with van der Waals surface area (Å²) in [6.45, 7) is 0. The van der Waals surface area contributed by atoms with Gasteiger partial charge in [0.25, 0.3) is 0 Å². The third kappa shape index (κ3) is 5.86. The Kier molecular flexibility index (Phi) is 7.57. The summed E-state index contributed by atoms with van der Waals surface area (Å²) in [6, 6.07) is 22.2. The number of rotatable bonds is 6. The molecule has 37 heavy (non-hydrogen) atoms. The summed E-state index contributed by atoms with van der Waals surface area (Å²) in [5.74, 6) is -2.74. The quantitative estimate of drug-likeness (QED) is 0.310. The van der Waals surface area contributed by atoms with Crippen LogP contribution in [0.25, 0.3) is 0 Å². The highest BCUT2D eigenvalue weighted by Crippen LogP contribution is 2.35. The fourth-order valence-electron chi connectivity index (χ4n) is 4.42. The van der Waals surface area contributed by atoms with Crippen LogP contribution in [0, 0.1) is 11.8 Å². The predicted molar refractivity (Wildman–Crippen MR) is 144 cm³/mol. The monoisotopic (exact) mass is 555 g/mol. The number of hydrogen-bond acceptors (Lipinski definition) is 6. The van der Waals surface area contributed by atoms with Gasteiger partial charge in [0, 0.05) is 21.2 Å². The number of carbonyl (C=O) groups excluding carboxylic acids is 3. The number of para-hydroxylation sites is 1. The second kappa shape index (κ2) is 11.0. The Morgan fingerprint density at radius 1 is 0.919 bits per heavy atom. The number of halogens is 2. The fourth-order valence-corrected chi connectivity index (χ4v) is 5.80. The Bertz CT molecular complexity index is 1340. The number of fused-ring (bicyclic) bond motifs is 1. The molecule has 0 bridgehead atoms. The number of carbonyl (C=O) groups is 3. The van der Waals surface area contributed by atoms with Crippen LogP contribution in [0.2, 0.25) is 10.0 Å². The van der Waals surface area contributed by atoms with Gasteiger partial charge in [-0.3, -0.25) is 19.7 Å². The molecule has 0 radical (unpaired) electrons. The molecule has 5 rings (SSSR count). The Morgan fingerprint density at radius 3 is 2.46 bits per heavy atom. The molecule has 8 nitrogen and oxygen atoms in total. The second-order valence-corrected chi connectivity index (χ2v) is 10.6. The molecule has 2 heterocycles. The van der Waals surface area contributed by atoms with Gasteiger partial charge in [0.15, 0.2) is 6.29 Å². The molecule has 11 heteroatoms. The molecule has 5 N–H and O–H groups in total. The first-order chi connectivity index (χ1) is 17.9. The molecule has 2 fully saturated rings. The van der Waals surface area contributed by atoms with Crippen LogP contribution in [0.4, 0.5) is 11.4 Å². The Hall–Kier alpha value is -3.24. The smallest absolute Gasteiger partial charge is 0.229 e. The van der Waals surface area contributed by atoms with Crippen molar-refractivity contribution < 1.29 is 14.4 Å². The Balaban J connectivity index is 1.31. The molecule has 0 saturated carbocycles. The van der Waals surface area contributed by atoms with E-state index in [0.29, 0.717) is 21.4 Å². The maximum atomic E-state index is 13.4. The van der Waals surface area contributed by atoms with Crippen molar-refractivity contribution in [3.05, 3.63) is 82.8 Å². The zero-order valence-electron chi connectivity index (χ0n) is 19.3. The summed E-state index contributed by atoms with van der Waals surface area (Å²) in [5.41, 5.74) is 1.16. The van der Waals surface area contributed by atoms with E-state index in [0.717, 1.165) is 9.79 Å². The van der Waals surface area contributed by atoms with Crippen molar-refractivity contribution in [1.29, 1.82) is 0 Å². The van der Waals surface area contributed by atoms with Crippen LogP contribution in [-0.4, -0.2) is 30.2 Å². The minimum Gasteiger partial charge on any atom is -0.352 e. The van der Waals surface area contributed by atoms with E-state index < -0.39 is 30.2 Å². The lowest BCUT2D eigenvalue weighted by Crippen LogP contribution is -2.72. The van der Waals surface area contributed by atoms with Gasteiger partial charge >= 0.3 is 0 Å². The molecule has 190 valence electrons. The molecule has 2 saturated heterocycles. The standard InChI is InChI=1S/C26H23Cl2N5O3S/c27-14-10-11-18(17(28)12-14)30-26-32-23-22(25(36)33-26)16(13-21(34)31-23)24(35)29-19-8-4-5-9-20(19)37-15-6-2-1-3-7-15/h1-12,16,22-23,26,30,32H,13H2,(H,29,35)(H,31,34)(H,33,36). The number of benzene rings is 3. The molecular weight excluding hydrogens is 533 g/mol. The Labute approximate surface area is 227 Å². The van der Waals surface area contributed by atoms with Gasteiger partial charge in [-0.05, 0) is 42.5 Å². The predicted octanol–water partition coefficient (Wildman–Crippen LogP) is 4.28. The normalized spacial score (nSPS) is 22.9. The van der Waals surface area contributed by atoms with E-state index in [2.05, 4.69) is 26.6 Å². The third-order valence-electron chi connectivity index (χ3n) is 6.13. The summed E-state index contributed by atoms with van der Waals surface area (Å²) in [5, 5.41) is 15.6. The number of hydrogen-bond donors (Lipinski definition) is 5. The lowest BCUT2D eigenvalue weighted by molar-refractivity contribution is -0.144. The van der Waals surface area contributed by atoms with Crippen molar-refractivity contribution in [3.8, 4) is 0 Å². The highest BCUT2D eigenvalue weighted by atomic mass is 35.5. The van der Waals surface area contributed by atoms with Crippen LogP contribution >= 0.6 is 35.0 Å². The molecule has 2 aliphatic heterocycles. The Morgan fingerprint density at radius 2 is 1.68 bits per heavy atom. The summed E-state index contributed by atoms with van der Waals surface area (Å²) in [6.07, 6.45) is -1.57. The first-order valence-electron chi connectivity index (χ1n) is 11.6. The van der Waals surface area contributed by atoms with Gasteiger partial charge in [-0.15, -0.1) is 0 Å². The minimum atomic E-state index is -0.860. The molecule has 4 atom stereocenters. The van der Waals surface area contributed by atoms with Crippen LogP contribution in [0.15, 0.2) is 82.6 Å². The molecule has 4 unspecified atom stereocenters. The van der Waals surface area contributed by atoms with E-state index >= 15 is 0 Å². The summed E-state index contributed by atoms with van der Waals surface area (Å²) in [4.78, 5) is 41.0. The van der Waals surface area contributed by atoms with Crippen molar-refractivity contribution in [2.24, 2.45) is 11.8 Å². The average molecular weight is 556 g/mol. The van der Waals surface area contributed by atoms with Crippen LogP contribution in [0.1, 0.15) is 6.42 Å². The zero-order valence-corrected chi connectivity index (χ0v) is 21.7. The molecule has 3 amide bonds. The van der Waals surface area contributed by atoms with E-state index in [1.54, 1.807) is 24.3 Å². The van der Waals surface area contributed by atoms with Crippen molar-refractivity contribution in [2.75, 3.05) is 10.6 Å². The van der Waals surface area contributed by atoms with E-state index in [1.807, 2.05) is 48.5 Å². The van der Waals surface area contributed by atoms with Crippen LogP contribution in [0.5, 0.6) is 0 Å². The number of nitrogens with one attached hydrogen (secondary N) is 5. The molecular formula is C26H23Cl2N5O3S. The van der Waals surface area contributed by atoms with Gasteiger partial charge in [0.2, 0.25) is 17.7 Å². The second-order valence-electron chi connectivity index (χ2n) is 8.66. The molecule has 0 aliphatic carbocycles. The number of piperidine rings is 1. The molecule has 0 aromatic heterocycles. The van der Waals surface area contributed by atoms with E-state index in [9.17, 15) is 14.4 Å². The largest absolute Gasteiger partial charge is 0.352 e. The lowest BCUT2D eigenvalue weighted by atomic mass is 9.81. The van der Waals surface area contributed by atoms with Gasteiger partial charge in [0.1, 0.15) is 0 Å². The van der Waals surface area contributed by atoms with Gasteiger partial charge < -0.3 is 21.3 Å². The minimum absolute atomic E-state index is 0.1000. The van der Waals surface area contributed by atoms with Crippen LogP contribution in [0.3, 0.4) is 0 Å². The first-order valence-corrected chi connectivity index (χ1v) is 13.1. The van der Waals surface area contributed by atoms with Crippen molar-refractivity contribution >= 4 is 64.1 Å². The zero-order chi connectivity index (χ0) is 25.9. The van der Waals surface area contributed by atoms with Crippen molar-refractivity contribution in [2.45, 2.75) is 28.7 Å². The topological polar surface area (TPSA) is 111 Å². The SMILES string of the molecule is O=C1CC(C(=O)Nc2ccccc2Sc2ccccc2)C2C(=O)NC(Nc3ccc(Cl)cc3Cl)NC2N1. The lowest BCUT2D eigenvalue weighted by Gasteiger charge is -2.43. The van der Waals surface area contributed by atoms with Crippen molar-refractivity contribution in [1.82, 2.24) is 16.0 Å². The molecule has 3 aromatic carbocycles. The van der Waals surface area contributed by atoms with Crippen LogP contribution in [-0.2, 0) is 14.4 Å². The summed E-state index contributed by atoms with van der Waals surface area (Å²) >= 11 is 13.7. The molecule has 0 spiro atoms. The van der Waals surface area contributed by atoms with Gasteiger partial charge in [0.05, 0.1) is 34.4 Å². The fraction of sp³-hybridized carbons (Fsp3) is 0.192. The number of anilines is 2.